The summed E-state index contributed by atoms with van der Waals surface area (Å²) in [5, 5.41) is 0.189. The summed E-state index contributed by atoms with van der Waals surface area (Å²) in [5.74, 6) is 0. The second kappa shape index (κ2) is 6.26. The Kier molecular flexibility index (Phi) is 4.81. The van der Waals surface area contributed by atoms with Gasteiger partial charge in [0.1, 0.15) is 4.90 Å². The van der Waals surface area contributed by atoms with E-state index in [1.165, 1.54) is 17.7 Å². The molecule has 0 aliphatic rings. The fourth-order valence-corrected chi connectivity index (χ4v) is 4.30. The summed E-state index contributed by atoms with van der Waals surface area (Å²) >= 11 is 11.9. The highest BCUT2D eigenvalue weighted by molar-refractivity contribution is 7.93. The average molecular weight is 344 g/mol. The SMILES string of the molecule is CCc1ccc(NS(=O)(=O)c2c(Cl)cccc2Cl)cc1C. The van der Waals surface area contributed by atoms with Gasteiger partial charge in [0.15, 0.2) is 0 Å². The molecule has 0 bridgehead atoms. The van der Waals surface area contributed by atoms with Crippen LogP contribution in [0.3, 0.4) is 0 Å². The van der Waals surface area contributed by atoms with Crippen LogP contribution in [0.15, 0.2) is 41.3 Å². The van der Waals surface area contributed by atoms with E-state index in [9.17, 15) is 8.42 Å². The van der Waals surface area contributed by atoms with Crippen molar-refractivity contribution in [1.82, 2.24) is 0 Å². The molecule has 0 aliphatic heterocycles. The molecule has 3 nitrogen and oxygen atoms in total. The van der Waals surface area contributed by atoms with Gasteiger partial charge in [-0.25, -0.2) is 8.42 Å². The molecule has 0 aliphatic carbocycles. The molecule has 21 heavy (non-hydrogen) atoms. The average Bonchev–Trinajstić information content (AvgIpc) is 2.37. The third-order valence-corrected chi connectivity index (χ3v) is 5.50. The Labute approximate surface area is 135 Å². The Morgan fingerprint density at radius 2 is 1.71 bits per heavy atom. The molecule has 0 fully saturated rings. The first-order valence-electron chi connectivity index (χ1n) is 6.41. The van der Waals surface area contributed by atoms with Crippen molar-refractivity contribution < 1.29 is 8.42 Å². The van der Waals surface area contributed by atoms with Crippen molar-refractivity contribution >= 4 is 38.9 Å². The summed E-state index contributed by atoms with van der Waals surface area (Å²) < 4.78 is 27.4. The fourth-order valence-electron chi connectivity index (χ4n) is 2.10. The largest absolute Gasteiger partial charge is 0.280 e. The second-order valence-electron chi connectivity index (χ2n) is 4.65. The molecule has 0 unspecified atom stereocenters. The van der Waals surface area contributed by atoms with Crippen molar-refractivity contribution in [2.45, 2.75) is 25.2 Å². The maximum atomic E-state index is 12.4. The molecule has 2 aromatic rings. The monoisotopic (exact) mass is 343 g/mol. The van der Waals surface area contributed by atoms with E-state index in [1.807, 2.05) is 13.0 Å². The third-order valence-electron chi connectivity index (χ3n) is 3.16. The number of hydrogen-bond acceptors (Lipinski definition) is 2. The van der Waals surface area contributed by atoms with E-state index < -0.39 is 10.0 Å². The number of aryl methyl sites for hydroxylation is 2. The maximum Gasteiger partial charge on any atom is 0.264 e. The van der Waals surface area contributed by atoms with Crippen molar-refractivity contribution in [2.24, 2.45) is 0 Å². The standard InChI is InChI=1S/C15H15Cl2NO2S/c1-3-11-7-8-12(9-10(11)2)18-21(19,20)15-13(16)5-4-6-14(15)17/h4-9,18H,3H2,1-2H3. The molecular weight excluding hydrogens is 329 g/mol. The van der Waals surface area contributed by atoms with Crippen molar-refractivity contribution in [3.8, 4) is 0 Å². The van der Waals surface area contributed by atoms with Crippen LogP contribution in [0.5, 0.6) is 0 Å². The van der Waals surface area contributed by atoms with Gasteiger partial charge < -0.3 is 0 Å². The van der Waals surface area contributed by atoms with E-state index in [1.54, 1.807) is 18.2 Å². The molecule has 0 saturated carbocycles. The summed E-state index contributed by atoms with van der Waals surface area (Å²) in [6, 6.07) is 10.0. The summed E-state index contributed by atoms with van der Waals surface area (Å²) in [5.41, 5.74) is 2.69. The minimum Gasteiger partial charge on any atom is -0.280 e. The minimum absolute atomic E-state index is 0.0944. The number of hydrogen-bond donors (Lipinski definition) is 1. The summed E-state index contributed by atoms with van der Waals surface area (Å²) in [6.45, 7) is 3.99. The van der Waals surface area contributed by atoms with Crippen LogP contribution < -0.4 is 4.72 Å². The summed E-state index contributed by atoms with van der Waals surface area (Å²) in [4.78, 5) is -0.106. The smallest absolute Gasteiger partial charge is 0.264 e. The van der Waals surface area contributed by atoms with Gasteiger partial charge in [-0.15, -0.1) is 0 Å². The first-order chi connectivity index (χ1) is 9.85. The highest BCUT2D eigenvalue weighted by atomic mass is 35.5. The summed E-state index contributed by atoms with van der Waals surface area (Å²) in [7, 11) is -3.82. The van der Waals surface area contributed by atoms with E-state index in [2.05, 4.69) is 11.6 Å². The first kappa shape index (κ1) is 16.1. The van der Waals surface area contributed by atoms with Gasteiger partial charge in [0.25, 0.3) is 10.0 Å². The highest BCUT2D eigenvalue weighted by Crippen LogP contribution is 2.30. The molecule has 0 heterocycles. The van der Waals surface area contributed by atoms with Crippen LogP contribution in [0.1, 0.15) is 18.1 Å². The normalized spacial score (nSPS) is 11.4. The van der Waals surface area contributed by atoms with Crippen LogP contribution in [0.25, 0.3) is 0 Å². The lowest BCUT2D eigenvalue weighted by atomic mass is 10.1. The van der Waals surface area contributed by atoms with Crippen LogP contribution >= 0.6 is 23.2 Å². The molecule has 2 rings (SSSR count). The molecule has 0 radical (unpaired) electrons. The molecule has 0 saturated heterocycles. The van der Waals surface area contributed by atoms with E-state index in [4.69, 9.17) is 23.2 Å². The molecule has 112 valence electrons. The lowest BCUT2D eigenvalue weighted by Gasteiger charge is -2.12. The van der Waals surface area contributed by atoms with Crippen LogP contribution in [-0.2, 0) is 16.4 Å². The zero-order valence-corrected chi connectivity index (χ0v) is 14.0. The number of halogens is 2. The second-order valence-corrected chi connectivity index (χ2v) is 7.08. The third kappa shape index (κ3) is 3.51. The molecule has 0 atom stereocenters. The van der Waals surface area contributed by atoms with Crippen LogP contribution in [0.2, 0.25) is 10.0 Å². The quantitative estimate of drug-likeness (QED) is 0.876. The zero-order valence-electron chi connectivity index (χ0n) is 11.7. The number of benzene rings is 2. The maximum absolute atomic E-state index is 12.4. The molecule has 2 aromatic carbocycles. The van der Waals surface area contributed by atoms with Crippen molar-refractivity contribution in [3.63, 3.8) is 0 Å². The topological polar surface area (TPSA) is 46.2 Å². The predicted molar refractivity (Wildman–Crippen MR) is 87.8 cm³/mol. The Bertz CT molecular complexity index is 753. The van der Waals surface area contributed by atoms with Crippen molar-refractivity contribution in [2.75, 3.05) is 4.72 Å². The number of anilines is 1. The zero-order chi connectivity index (χ0) is 15.6. The van der Waals surface area contributed by atoms with Crippen LogP contribution in [-0.4, -0.2) is 8.42 Å². The fraction of sp³-hybridized carbons (Fsp3) is 0.200. The van der Waals surface area contributed by atoms with Crippen molar-refractivity contribution in [3.05, 3.63) is 57.6 Å². The highest BCUT2D eigenvalue weighted by Gasteiger charge is 2.21. The molecule has 0 amide bonds. The van der Waals surface area contributed by atoms with Gasteiger partial charge in [-0.3, -0.25) is 4.72 Å². The Balaban J connectivity index is 2.40. The molecule has 0 spiro atoms. The van der Waals surface area contributed by atoms with Gasteiger partial charge in [0, 0.05) is 5.69 Å². The lowest BCUT2D eigenvalue weighted by Crippen LogP contribution is -2.14. The van der Waals surface area contributed by atoms with Gasteiger partial charge in [-0.05, 0) is 48.7 Å². The lowest BCUT2D eigenvalue weighted by molar-refractivity contribution is 0.601. The van der Waals surface area contributed by atoms with Gasteiger partial charge in [-0.2, -0.15) is 0 Å². The van der Waals surface area contributed by atoms with Gasteiger partial charge in [0.2, 0.25) is 0 Å². The van der Waals surface area contributed by atoms with Gasteiger partial charge in [-0.1, -0.05) is 42.3 Å². The van der Waals surface area contributed by atoms with Crippen LogP contribution in [0, 0.1) is 6.92 Å². The Morgan fingerprint density at radius 3 is 2.24 bits per heavy atom. The Morgan fingerprint density at radius 1 is 1.10 bits per heavy atom. The van der Waals surface area contributed by atoms with Crippen molar-refractivity contribution in [1.29, 1.82) is 0 Å². The number of sulfonamides is 1. The molecular formula is C15H15Cl2NO2S. The number of rotatable bonds is 4. The molecule has 1 N–H and O–H groups in total. The van der Waals surface area contributed by atoms with Gasteiger partial charge in [0.05, 0.1) is 10.0 Å². The molecule has 6 heteroatoms. The minimum atomic E-state index is -3.82. The predicted octanol–water partition coefficient (Wildman–Crippen LogP) is 4.67. The van der Waals surface area contributed by atoms with E-state index in [-0.39, 0.29) is 14.9 Å². The van der Waals surface area contributed by atoms with Gasteiger partial charge >= 0.3 is 0 Å². The van der Waals surface area contributed by atoms with Crippen LogP contribution in [0.4, 0.5) is 5.69 Å². The number of nitrogens with one attached hydrogen (secondary N) is 1. The van der Waals surface area contributed by atoms with E-state index in [0.29, 0.717) is 5.69 Å². The first-order valence-corrected chi connectivity index (χ1v) is 8.65. The summed E-state index contributed by atoms with van der Waals surface area (Å²) in [6.07, 6.45) is 0.898. The van der Waals surface area contributed by atoms with E-state index >= 15 is 0 Å². The Hall–Kier alpha value is -1.23. The van der Waals surface area contributed by atoms with E-state index in [0.717, 1.165) is 12.0 Å². The molecule has 0 aromatic heterocycles.